The van der Waals surface area contributed by atoms with Crippen molar-refractivity contribution in [2.45, 2.75) is 45.6 Å². The van der Waals surface area contributed by atoms with Crippen molar-refractivity contribution >= 4 is 22.6 Å². The van der Waals surface area contributed by atoms with Gasteiger partial charge in [-0.2, -0.15) is 0 Å². The first-order valence-electron chi connectivity index (χ1n) is 8.02. The third-order valence-electron chi connectivity index (χ3n) is 4.58. The van der Waals surface area contributed by atoms with Crippen molar-refractivity contribution in [3.8, 4) is 0 Å². The number of rotatable bonds is 3. The molecular formula is C18H22N2O2. The molecule has 0 spiro atoms. The normalized spacial score (nSPS) is 18.6. The first kappa shape index (κ1) is 14.8. The molecule has 1 saturated heterocycles. The highest BCUT2D eigenvalue weighted by Gasteiger charge is 2.24. The zero-order valence-corrected chi connectivity index (χ0v) is 13.2. The molecule has 1 N–H and O–H groups in total. The van der Waals surface area contributed by atoms with E-state index in [0.29, 0.717) is 11.6 Å². The molecule has 4 heteroatoms. The van der Waals surface area contributed by atoms with Crippen LogP contribution in [-0.4, -0.2) is 28.6 Å². The van der Waals surface area contributed by atoms with Crippen LogP contribution in [0, 0.1) is 6.92 Å². The van der Waals surface area contributed by atoms with Gasteiger partial charge in [0.05, 0.1) is 11.1 Å². The Morgan fingerprint density at radius 2 is 2.23 bits per heavy atom. The highest BCUT2D eigenvalue weighted by molar-refractivity contribution is 6.05. The first-order chi connectivity index (χ1) is 10.6. The van der Waals surface area contributed by atoms with Crippen molar-refractivity contribution in [1.82, 2.24) is 4.98 Å². The van der Waals surface area contributed by atoms with E-state index < -0.39 is 5.97 Å². The molecule has 116 valence electrons. The summed E-state index contributed by atoms with van der Waals surface area (Å²) in [4.78, 5) is 18.4. The van der Waals surface area contributed by atoms with Crippen LogP contribution in [0.4, 0.5) is 5.69 Å². The van der Waals surface area contributed by atoms with Gasteiger partial charge in [-0.3, -0.25) is 4.98 Å². The molecule has 0 amide bonds. The second-order valence-electron chi connectivity index (χ2n) is 6.04. The van der Waals surface area contributed by atoms with Crippen molar-refractivity contribution in [2.24, 2.45) is 0 Å². The summed E-state index contributed by atoms with van der Waals surface area (Å²) in [7, 11) is 0. The van der Waals surface area contributed by atoms with Gasteiger partial charge in [0.15, 0.2) is 0 Å². The van der Waals surface area contributed by atoms with E-state index in [4.69, 9.17) is 0 Å². The van der Waals surface area contributed by atoms with E-state index in [-0.39, 0.29) is 5.56 Å². The maximum Gasteiger partial charge on any atom is 0.337 e. The number of carboxylic acid groups (broad SMARTS) is 1. The highest BCUT2D eigenvalue weighted by atomic mass is 16.4. The summed E-state index contributed by atoms with van der Waals surface area (Å²) >= 11 is 0. The lowest BCUT2D eigenvalue weighted by Crippen LogP contribution is -2.39. The van der Waals surface area contributed by atoms with Crippen molar-refractivity contribution < 1.29 is 9.90 Å². The highest BCUT2D eigenvalue weighted by Crippen LogP contribution is 2.33. The van der Waals surface area contributed by atoms with Crippen LogP contribution in [0.25, 0.3) is 10.9 Å². The zero-order chi connectivity index (χ0) is 15.7. The number of fused-ring (bicyclic) bond motifs is 1. The van der Waals surface area contributed by atoms with Crippen molar-refractivity contribution in [3.63, 3.8) is 0 Å². The molecule has 0 radical (unpaired) electrons. The fraction of sp³-hybridized carbons (Fsp3) is 0.444. The number of anilines is 1. The van der Waals surface area contributed by atoms with Crippen LogP contribution in [0.5, 0.6) is 0 Å². The minimum atomic E-state index is -0.916. The van der Waals surface area contributed by atoms with Gasteiger partial charge in [0.25, 0.3) is 0 Å². The molecule has 4 nitrogen and oxygen atoms in total. The smallest absolute Gasteiger partial charge is 0.337 e. The van der Waals surface area contributed by atoms with Gasteiger partial charge in [-0.25, -0.2) is 4.79 Å². The van der Waals surface area contributed by atoms with Gasteiger partial charge in [-0.1, -0.05) is 19.1 Å². The van der Waals surface area contributed by atoms with E-state index >= 15 is 0 Å². The van der Waals surface area contributed by atoms with E-state index in [1.165, 1.54) is 19.3 Å². The number of hydrogen-bond acceptors (Lipinski definition) is 3. The van der Waals surface area contributed by atoms with E-state index in [1.807, 2.05) is 19.1 Å². The summed E-state index contributed by atoms with van der Waals surface area (Å²) in [6, 6.07) is 8.07. The summed E-state index contributed by atoms with van der Waals surface area (Å²) in [5.41, 5.74) is 2.90. The van der Waals surface area contributed by atoms with Crippen LogP contribution in [0.1, 0.15) is 48.7 Å². The predicted octanol–water partition coefficient (Wildman–Crippen LogP) is 4.01. The number of carboxylic acids is 1. The van der Waals surface area contributed by atoms with Crippen LogP contribution in [0.3, 0.4) is 0 Å². The average Bonchev–Trinajstić information content (AvgIpc) is 2.53. The Hall–Kier alpha value is -2.10. The predicted molar refractivity (Wildman–Crippen MR) is 88.7 cm³/mol. The number of carbonyl (C=O) groups is 1. The molecular weight excluding hydrogens is 276 g/mol. The molecule has 0 saturated carbocycles. The molecule has 3 rings (SSSR count). The molecule has 1 aromatic carbocycles. The topological polar surface area (TPSA) is 53.4 Å². The molecule has 1 aliphatic rings. The van der Waals surface area contributed by atoms with Crippen molar-refractivity contribution in [2.75, 3.05) is 11.4 Å². The van der Waals surface area contributed by atoms with E-state index in [1.54, 1.807) is 6.07 Å². The number of piperidine rings is 1. The quantitative estimate of drug-likeness (QED) is 0.930. The number of para-hydroxylation sites is 1. The Kier molecular flexibility index (Phi) is 4.01. The fourth-order valence-corrected chi connectivity index (χ4v) is 3.51. The minimum absolute atomic E-state index is 0.285. The standard InChI is InChI=1S/C18H22N2O2/c1-3-13-7-4-5-10-20(13)16-11-12(2)19-17-14(16)8-6-9-15(17)18(21)22/h6,8-9,11,13H,3-5,7,10H2,1-2H3,(H,21,22)/t13-/m1/s1. The molecule has 2 aromatic rings. The number of aromatic nitrogens is 1. The van der Waals surface area contributed by atoms with Gasteiger partial charge < -0.3 is 10.0 Å². The third kappa shape index (κ3) is 2.54. The Morgan fingerprint density at radius 3 is 2.95 bits per heavy atom. The van der Waals surface area contributed by atoms with Gasteiger partial charge in [-0.05, 0) is 44.7 Å². The SMILES string of the molecule is CC[C@@H]1CCCCN1c1cc(C)nc2c(C(=O)O)cccc12. The van der Waals surface area contributed by atoms with Crippen LogP contribution < -0.4 is 4.90 Å². The molecule has 22 heavy (non-hydrogen) atoms. The second-order valence-corrected chi connectivity index (χ2v) is 6.04. The molecule has 0 unspecified atom stereocenters. The molecule has 1 fully saturated rings. The minimum Gasteiger partial charge on any atom is -0.478 e. The molecule has 0 aliphatic carbocycles. The number of aromatic carboxylic acids is 1. The molecule has 1 atom stereocenters. The third-order valence-corrected chi connectivity index (χ3v) is 4.58. The monoisotopic (exact) mass is 298 g/mol. The number of hydrogen-bond donors (Lipinski definition) is 1. The van der Waals surface area contributed by atoms with Crippen LogP contribution in [0.2, 0.25) is 0 Å². The van der Waals surface area contributed by atoms with Gasteiger partial charge in [0, 0.05) is 29.4 Å². The zero-order valence-electron chi connectivity index (χ0n) is 13.2. The van der Waals surface area contributed by atoms with Crippen LogP contribution >= 0.6 is 0 Å². The van der Waals surface area contributed by atoms with E-state index in [0.717, 1.165) is 29.7 Å². The summed E-state index contributed by atoms with van der Waals surface area (Å²) in [5.74, 6) is -0.916. The van der Waals surface area contributed by atoms with Crippen molar-refractivity contribution in [3.05, 3.63) is 35.5 Å². The van der Waals surface area contributed by atoms with E-state index in [9.17, 15) is 9.90 Å². The lowest BCUT2D eigenvalue weighted by Gasteiger charge is -2.38. The Balaban J connectivity index is 2.21. The van der Waals surface area contributed by atoms with Gasteiger partial charge in [0.1, 0.15) is 0 Å². The number of aryl methyl sites for hydroxylation is 1. The van der Waals surface area contributed by atoms with E-state index in [2.05, 4.69) is 22.9 Å². The molecule has 2 heterocycles. The molecule has 1 aromatic heterocycles. The molecule has 1 aliphatic heterocycles. The van der Waals surface area contributed by atoms with Crippen molar-refractivity contribution in [1.29, 1.82) is 0 Å². The number of pyridine rings is 1. The second kappa shape index (κ2) is 5.95. The maximum atomic E-state index is 11.5. The average molecular weight is 298 g/mol. The Labute approximate surface area is 130 Å². The van der Waals surface area contributed by atoms with Gasteiger partial charge in [-0.15, -0.1) is 0 Å². The summed E-state index contributed by atoms with van der Waals surface area (Å²) in [6.07, 6.45) is 4.79. The Bertz CT molecular complexity index is 712. The lowest BCUT2D eigenvalue weighted by atomic mass is 9.97. The summed E-state index contributed by atoms with van der Waals surface area (Å²) < 4.78 is 0. The maximum absolute atomic E-state index is 11.5. The van der Waals surface area contributed by atoms with Gasteiger partial charge >= 0.3 is 5.97 Å². The Morgan fingerprint density at radius 1 is 1.41 bits per heavy atom. The van der Waals surface area contributed by atoms with Crippen LogP contribution in [-0.2, 0) is 0 Å². The number of nitrogens with zero attached hydrogens (tertiary/aromatic N) is 2. The fourth-order valence-electron chi connectivity index (χ4n) is 3.51. The number of benzene rings is 1. The molecule has 0 bridgehead atoms. The summed E-state index contributed by atoms with van der Waals surface area (Å²) in [6.45, 7) is 5.20. The first-order valence-corrected chi connectivity index (χ1v) is 8.02. The lowest BCUT2D eigenvalue weighted by molar-refractivity contribution is 0.0699. The summed E-state index contributed by atoms with van der Waals surface area (Å²) in [5, 5.41) is 10.4. The van der Waals surface area contributed by atoms with Crippen LogP contribution in [0.15, 0.2) is 24.3 Å². The van der Waals surface area contributed by atoms with Gasteiger partial charge in [0.2, 0.25) is 0 Å². The largest absolute Gasteiger partial charge is 0.478 e.